The molecule has 0 spiro atoms. The van der Waals surface area contributed by atoms with E-state index in [4.69, 9.17) is 0 Å². The summed E-state index contributed by atoms with van der Waals surface area (Å²) < 4.78 is 0. The predicted molar refractivity (Wildman–Crippen MR) is 110 cm³/mol. The van der Waals surface area contributed by atoms with Crippen LogP contribution in [0.3, 0.4) is 0 Å². The highest BCUT2D eigenvalue weighted by molar-refractivity contribution is 5.97. The molecule has 27 heavy (non-hydrogen) atoms. The lowest BCUT2D eigenvalue weighted by Gasteiger charge is -2.27. The predicted octanol–water partition coefficient (Wildman–Crippen LogP) is 3.37. The van der Waals surface area contributed by atoms with Gasteiger partial charge in [0, 0.05) is 29.8 Å². The molecule has 0 saturated carbocycles. The number of hydrogen-bond acceptors (Lipinski definition) is 3. The number of benzene rings is 2. The molecular formula is C21H26ClN3O2. The first-order valence-electron chi connectivity index (χ1n) is 9.08. The van der Waals surface area contributed by atoms with Crippen LogP contribution in [0.5, 0.6) is 0 Å². The molecule has 0 aromatic heterocycles. The first-order valence-corrected chi connectivity index (χ1v) is 9.08. The van der Waals surface area contributed by atoms with Crippen molar-refractivity contribution in [1.82, 2.24) is 10.6 Å². The van der Waals surface area contributed by atoms with Crippen LogP contribution >= 0.6 is 12.4 Å². The molecule has 2 atom stereocenters. The first-order chi connectivity index (χ1) is 12.6. The first kappa shape index (κ1) is 20.9. The fourth-order valence-corrected chi connectivity index (χ4v) is 3.23. The van der Waals surface area contributed by atoms with Gasteiger partial charge in [-0.05, 0) is 50.1 Å². The van der Waals surface area contributed by atoms with E-state index >= 15 is 0 Å². The summed E-state index contributed by atoms with van der Waals surface area (Å²) in [7, 11) is 0. The van der Waals surface area contributed by atoms with E-state index in [1.165, 1.54) is 0 Å². The molecule has 6 heteroatoms. The molecule has 2 aromatic rings. The highest BCUT2D eigenvalue weighted by Crippen LogP contribution is 2.19. The van der Waals surface area contributed by atoms with E-state index < -0.39 is 0 Å². The van der Waals surface area contributed by atoms with Crippen molar-refractivity contribution in [3.63, 3.8) is 0 Å². The Morgan fingerprint density at radius 3 is 2.63 bits per heavy atom. The van der Waals surface area contributed by atoms with Crippen LogP contribution in [0.1, 0.15) is 35.7 Å². The maximum atomic E-state index is 12.5. The summed E-state index contributed by atoms with van der Waals surface area (Å²) >= 11 is 0. The number of rotatable bonds is 5. The van der Waals surface area contributed by atoms with Crippen LogP contribution in [0.25, 0.3) is 0 Å². The molecule has 3 rings (SSSR count). The van der Waals surface area contributed by atoms with Crippen LogP contribution in [-0.4, -0.2) is 24.4 Å². The number of hydrogen-bond donors (Lipinski definition) is 3. The molecule has 5 nitrogen and oxygen atoms in total. The smallest absolute Gasteiger partial charge is 0.251 e. The average molecular weight is 388 g/mol. The van der Waals surface area contributed by atoms with Gasteiger partial charge in [-0.1, -0.05) is 36.4 Å². The Balaban J connectivity index is 0.00000261. The van der Waals surface area contributed by atoms with Gasteiger partial charge in [0.2, 0.25) is 5.91 Å². The molecule has 0 bridgehead atoms. The fourth-order valence-electron chi connectivity index (χ4n) is 3.23. The van der Waals surface area contributed by atoms with E-state index in [9.17, 15) is 9.59 Å². The average Bonchev–Trinajstić information content (AvgIpc) is 2.67. The lowest BCUT2D eigenvalue weighted by molar-refractivity contribution is -0.120. The highest BCUT2D eigenvalue weighted by Gasteiger charge is 2.24. The molecule has 2 amide bonds. The summed E-state index contributed by atoms with van der Waals surface area (Å²) in [6.07, 6.45) is 1.68. The van der Waals surface area contributed by atoms with Gasteiger partial charge in [-0.25, -0.2) is 0 Å². The van der Waals surface area contributed by atoms with Crippen molar-refractivity contribution in [3.05, 3.63) is 65.7 Å². The van der Waals surface area contributed by atoms with Gasteiger partial charge in [0.25, 0.3) is 5.91 Å². The number of carbonyl (C=O) groups is 2. The summed E-state index contributed by atoms with van der Waals surface area (Å²) in [5.74, 6) is -0.109. The molecule has 0 radical (unpaired) electrons. The minimum atomic E-state index is -0.152. The third-order valence-corrected chi connectivity index (χ3v) is 4.68. The van der Waals surface area contributed by atoms with Gasteiger partial charge in [0.05, 0.1) is 0 Å². The lowest BCUT2D eigenvalue weighted by Crippen LogP contribution is -2.40. The zero-order valence-electron chi connectivity index (χ0n) is 15.4. The second kappa shape index (κ2) is 10.1. The molecule has 3 N–H and O–H groups in total. The van der Waals surface area contributed by atoms with Crippen molar-refractivity contribution in [2.45, 2.75) is 32.4 Å². The minimum Gasteiger partial charge on any atom is -0.348 e. The molecule has 2 aromatic carbocycles. The van der Waals surface area contributed by atoms with Crippen LogP contribution in [0.15, 0.2) is 54.6 Å². The van der Waals surface area contributed by atoms with Gasteiger partial charge < -0.3 is 16.0 Å². The molecule has 1 saturated heterocycles. The zero-order chi connectivity index (χ0) is 18.4. The highest BCUT2D eigenvalue weighted by atomic mass is 35.5. The molecule has 1 heterocycles. The number of halogens is 1. The van der Waals surface area contributed by atoms with E-state index in [0.717, 1.165) is 24.9 Å². The Bertz CT molecular complexity index is 767. The van der Waals surface area contributed by atoms with E-state index in [0.29, 0.717) is 23.8 Å². The van der Waals surface area contributed by atoms with Gasteiger partial charge >= 0.3 is 0 Å². The van der Waals surface area contributed by atoms with Gasteiger partial charge in [0.15, 0.2) is 0 Å². The van der Waals surface area contributed by atoms with Crippen molar-refractivity contribution in [1.29, 1.82) is 0 Å². The molecule has 0 aliphatic carbocycles. The monoisotopic (exact) mass is 387 g/mol. The number of piperidine rings is 1. The SMILES string of the molecule is C[C@H]1C[C@@H](C(=O)Nc2cccc(C(=O)NCc3ccccc3)c2)CCN1.Cl. The van der Waals surface area contributed by atoms with Crippen molar-refractivity contribution >= 4 is 29.9 Å². The Hall–Kier alpha value is -2.37. The topological polar surface area (TPSA) is 70.2 Å². The summed E-state index contributed by atoms with van der Waals surface area (Å²) in [5.41, 5.74) is 2.25. The Morgan fingerprint density at radius 2 is 1.89 bits per heavy atom. The fraction of sp³-hybridized carbons (Fsp3) is 0.333. The van der Waals surface area contributed by atoms with E-state index in [-0.39, 0.29) is 30.1 Å². The van der Waals surface area contributed by atoms with Gasteiger partial charge in [-0.3, -0.25) is 9.59 Å². The molecule has 0 unspecified atom stereocenters. The zero-order valence-corrected chi connectivity index (χ0v) is 16.2. The maximum Gasteiger partial charge on any atom is 0.251 e. The third kappa shape index (κ3) is 6.08. The lowest BCUT2D eigenvalue weighted by atomic mass is 9.92. The van der Waals surface area contributed by atoms with E-state index in [1.807, 2.05) is 36.4 Å². The van der Waals surface area contributed by atoms with Crippen molar-refractivity contribution in [2.75, 3.05) is 11.9 Å². The van der Waals surface area contributed by atoms with Crippen LogP contribution in [-0.2, 0) is 11.3 Å². The number of nitrogens with one attached hydrogen (secondary N) is 3. The van der Waals surface area contributed by atoms with Gasteiger partial charge in [-0.2, -0.15) is 0 Å². The standard InChI is InChI=1S/C21H25N3O2.ClH/c1-15-12-18(10-11-22-15)21(26)24-19-9-5-8-17(13-19)20(25)23-14-16-6-3-2-4-7-16;/h2-9,13,15,18,22H,10-12,14H2,1H3,(H,23,25)(H,24,26);1H/t15-,18-;/m0./s1. The van der Waals surface area contributed by atoms with Crippen molar-refractivity contribution < 1.29 is 9.59 Å². The Kier molecular flexibility index (Phi) is 7.82. The van der Waals surface area contributed by atoms with Gasteiger partial charge in [0.1, 0.15) is 0 Å². The molecular weight excluding hydrogens is 362 g/mol. The van der Waals surface area contributed by atoms with Crippen molar-refractivity contribution in [2.24, 2.45) is 5.92 Å². The summed E-state index contributed by atoms with van der Waals surface area (Å²) in [6, 6.07) is 17.2. The molecule has 1 fully saturated rings. The quantitative estimate of drug-likeness (QED) is 0.736. The number of anilines is 1. The Labute approximate surface area is 166 Å². The van der Waals surface area contributed by atoms with Crippen LogP contribution in [0, 0.1) is 5.92 Å². The van der Waals surface area contributed by atoms with Crippen LogP contribution < -0.4 is 16.0 Å². The molecule has 1 aliphatic heterocycles. The Morgan fingerprint density at radius 1 is 1.11 bits per heavy atom. The second-order valence-corrected chi connectivity index (χ2v) is 6.81. The molecule has 1 aliphatic rings. The number of carbonyl (C=O) groups excluding carboxylic acids is 2. The second-order valence-electron chi connectivity index (χ2n) is 6.81. The third-order valence-electron chi connectivity index (χ3n) is 4.68. The summed E-state index contributed by atoms with van der Waals surface area (Å²) in [4.78, 5) is 24.8. The largest absolute Gasteiger partial charge is 0.348 e. The van der Waals surface area contributed by atoms with Crippen LogP contribution in [0.4, 0.5) is 5.69 Å². The van der Waals surface area contributed by atoms with E-state index in [2.05, 4.69) is 22.9 Å². The molecule has 144 valence electrons. The normalized spacial score (nSPS) is 18.9. The van der Waals surface area contributed by atoms with Gasteiger partial charge in [-0.15, -0.1) is 12.4 Å². The number of amides is 2. The van der Waals surface area contributed by atoms with Crippen molar-refractivity contribution in [3.8, 4) is 0 Å². The summed E-state index contributed by atoms with van der Waals surface area (Å²) in [6.45, 7) is 3.43. The minimum absolute atomic E-state index is 0. The maximum absolute atomic E-state index is 12.5. The van der Waals surface area contributed by atoms with E-state index in [1.54, 1.807) is 18.2 Å². The van der Waals surface area contributed by atoms with Crippen LogP contribution in [0.2, 0.25) is 0 Å². The summed E-state index contributed by atoms with van der Waals surface area (Å²) in [5, 5.41) is 9.21.